The summed E-state index contributed by atoms with van der Waals surface area (Å²) in [5.74, 6) is 0.489. The molecule has 3 aromatic rings. The highest BCUT2D eigenvalue weighted by molar-refractivity contribution is 7.81. The molecule has 8 heteroatoms. The number of hydrogen-bond donors (Lipinski definition) is 3. The molecule has 30 heavy (non-hydrogen) atoms. The molecule has 0 bridgehead atoms. The first-order chi connectivity index (χ1) is 14.5. The van der Waals surface area contributed by atoms with Gasteiger partial charge in [-0.15, -0.1) is 0 Å². The summed E-state index contributed by atoms with van der Waals surface area (Å²) in [5, 5.41) is 2.74. The number of carbonyl (C=O) groups excluding carboxylic acids is 1. The summed E-state index contributed by atoms with van der Waals surface area (Å²) in [6, 6.07) is 9.86. The SMILES string of the molecule is CCCn1cnc2nc(C3(NC(=O)[C@@H](S)Cc4ccccc4)CCCC3)[nH]c2c1=O. The summed E-state index contributed by atoms with van der Waals surface area (Å²) in [6.45, 7) is 2.63. The van der Waals surface area contributed by atoms with Crippen LogP contribution in [0.3, 0.4) is 0 Å². The lowest BCUT2D eigenvalue weighted by Gasteiger charge is -2.29. The van der Waals surface area contributed by atoms with E-state index in [0.717, 1.165) is 37.7 Å². The monoisotopic (exact) mass is 425 g/mol. The zero-order valence-corrected chi connectivity index (χ0v) is 18.0. The maximum Gasteiger partial charge on any atom is 0.279 e. The number of imidazole rings is 1. The third kappa shape index (κ3) is 4.01. The second kappa shape index (κ2) is 8.63. The first-order valence-electron chi connectivity index (χ1n) is 10.5. The van der Waals surface area contributed by atoms with Crippen molar-refractivity contribution in [2.45, 2.75) is 62.8 Å². The van der Waals surface area contributed by atoms with Gasteiger partial charge in [0.05, 0.1) is 10.8 Å². The first-order valence-corrected chi connectivity index (χ1v) is 11.0. The molecular weight excluding hydrogens is 398 g/mol. The summed E-state index contributed by atoms with van der Waals surface area (Å²) in [6.07, 6.45) is 6.46. The summed E-state index contributed by atoms with van der Waals surface area (Å²) in [4.78, 5) is 37.9. The average molecular weight is 426 g/mol. The third-order valence-corrected chi connectivity index (χ3v) is 6.21. The fourth-order valence-electron chi connectivity index (χ4n) is 4.20. The number of fused-ring (bicyclic) bond motifs is 1. The van der Waals surface area contributed by atoms with Crippen LogP contribution in [-0.4, -0.2) is 30.7 Å². The number of rotatable bonds is 7. The van der Waals surface area contributed by atoms with Crippen molar-refractivity contribution in [2.75, 3.05) is 0 Å². The van der Waals surface area contributed by atoms with Crippen molar-refractivity contribution in [1.82, 2.24) is 24.8 Å². The topological polar surface area (TPSA) is 92.7 Å². The lowest BCUT2D eigenvalue weighted by molar-refractivity contribution is -0.122. The van der Waals surface area contributed by atoms with Gasteiger partial charge in [-0.05, 0) is 31.2 Å². The van der Waals surface area contributed by atoms with Crippen molar-refractivity contribution in [2.24, 2.45) is 0 Å². The van der Waals surface area contributed by atoms with Crippen LogP contribution in [0.4, 0.5) is 0 Å². The molecule has 1 amide bonds. The highest BCUT2D eigenvalue weighted by Crippen LogP contribution is 2.38. The maximum absolute atomic E-state index is 13.0. The molecule has 1 aliphatic carbocycles. The predicted octanol–water partition coefficient (Wildman–Crippen LogP) is 2.96. The second-order valence-corrected chi connectivity index (χ2v) is 8.63. The van der Waals surface area contributed by atoms with E-state index >= 15 is 0 Å². The lowest BCUT2D eigenvalue weighted by atomic mass is 9.96. The number of H-pyrrole nitrogens is 1. The van der Waals surface area contributed by atoms with Crippen LogP contribution in [0, 0.1) is 0 Å². The van der Waals surface area contributed by atoms with Gasteiger partial charge in [-0.2, -0.15) is 12.6 Å². The number of aromatic amines is 1. The Balaban J connectivity index is 1.60. The van der Waals surface area contributed by atoms with Crippen LogP contribution in [0.2, 0.25) is 0 Å². The molecule has 1 aromatic carbocycles. The van der Waals surface area contributed by atoms with E-state index in [1.165, 1.54) is 0 Å². The maximum atomic E-state index is 13.0. The van der Waals surface area contributed by atoms with E-state index in [0.29, 0.717) is 30.0 Å². The number of benzene rings is 1. The number of amides is 1. The van der Waals surface area contributed by atoms with Crippen molar-refractivity contribution in [1.29, 1.82) is 0 Å². The Labute approximate surface area is 180 Å². The Morgan fingerprint density at radius 1 is 1.30 bits per heavy atom. The van der Waals surface area contributed by atoms with E-state index in [-0.39, 0.29) is 11.5 Å². The van der Waals surface area contributed by atoms with Gasteiger partial charge in [-0.1, -0.05) is 50.1 Å². The lowest BCUT2D eigenvalue weighted by Crippen LogP contribution is -2.48. The Morgan fingerprint density at radius 2 is 2.03 bits per heavy atom. The van der Waals surface area contributed by atoms with E-state index in [1.807, 2.05) is 37.3 Å². The van der Waals surface area contributed by atoms with Crippen molar-refractivity contribution in [3.05, 3.63) is 58.4 Å². The van der Waals surface area contributed by atoms with Crippen molar-refractivity contribution in [3.8, 4) is 0 Å². The van der Waals surface area contributed by atoms with Gasteiger partial charge in [-0.25, -0.2) is 9.97 Å². The van der Waals surface area contributed by atoms with Gasteiger partial charge in [0.15, 0.2) is 11.2 Å². The molecule has 0 spiro atoms. The zero-order chi connectivity index (χ0) is 21.1. The second-order valence-electron chi connectivity index (χ2n) is 8.01. The first kappa shape index (κ1) is 20.7. The highest BCUT2D eigenvalue weighted by Gasteiger charge is 2.41. The fourth-order valence-corrected chi connectivity index (χ4v) is 4.48. The Morgan fingerprint density at radius 3 is 2.73 bits per heavy atom. The van der Waals surface area contributed by atoms with E-state index < -0.39 is 10.8 Å². The molecule has 2 heterocycles. The molecule has 2 N–H and O–H groups in total. The largest absolute Gasteiger partial charge is 0.342 e. The van der Waals surface area contributed by atoms with Gasteiger partial charge in [0.1, 0.15) is 12.2 Å². The summed E-state index contributed by atoms with van der Waals surface area (Å²) < 4.78 is 1.59. The predicted molar refractivity (Wildman–Crippen MR) is 120 cm³/mol. The molecule has 1 aliphatic rings. The van der Waals surface area contributed by atoms with Gasteiger partial charge < -0.3 is 10.3 Å². The number of carbonyl (C=O) groups is 1. The van der Waals surface area contributed by atoms with Gasteiger partial charge in [0, 0.05) is 6.54 Å². The average Bonchev–Trinajstić information content (AvgIpc) is 3.39. The molecule has 1 fully saturated rings. The van der Waals surface area contributed by atoms with Crippen LogP contribution < -0.4 is 10.9 Å². The number of hydrogen-bond acceptors (Lipinski definition) is 5. The van der Waals surface area contributed by atoms with Gasteiger partial charge in [-0.3, -0.25) is 14.2 Å². The van der Waals surface area contributed by atoms with Gasteiger partial charge in [0.2, 0.25) is 5.91 Å². The number of nitrogens with one attached hydrogen (secondary N) is 2. The van der Waals surface area contributed by atoms with Crippen LogP contribution in [-0.2, 0) is 23.3 Å². The minimum absolute atomic E-state index is 0.124. The van der Waals surface area contributed by atoms with E-state index in [4.69, 9.17) is 0 Å². The standard InChI is InChI=1S/C22H27N5O2S/c1-2-12-27-14-23-18-17(20(27)29)24-21(25-18)22(10-6-7-11-22)26-19(28)16(30)13-15-8-4-3-5-9-15/h3-5,8-9,14,16,30H,2,6-7,10-13H2,1H3,(H,24,25)(H,26,28)/t16-/m0/s1. The van der Waals surface area contributed by atoms with E-state index in [9.17, 15) is 9.59 Å². The summed E-state index contributed by atoms with van der Waals surface area (Å²) in [5.41, 5.74) is 1.12. The summed E-state index contributed by atoms with van der Waals surface area (Å²) in [7, 11) is 0. The molecule has 1 saturated carbocycles. The third-order valence-electron chi connectivity index (χ3n) is 5.79. The Kier molecular flexibility index (Phi) is 5.94. The number of thiol groups is 1. The molecule has 0 unspecified atom stereocenters. The highest BCUT2D eigenvalue weighted by atomic mass is 32.1. The molecule has 2 aromatic heterocycles. The van der Waals surface area contributed by atoms with Gasteiger partial charge in [0.25, 0.3) is 5.56 Å². The van der Waals surface area contributed by atoms with Crippen LogP contribution >= 0.6 is 12.6 Å². The van der Waals surface area contributed by atoms with Crippen LogP contribution in [0.25, 0.3) is 11.2 Å². The molecule has 4 rings (SSSR count). The Hall–Kier alpha value is -2.61. The molecule has 0 saturated heterocycles. The minimum Gasteiger partial charge on any atom is -0.342 e. The molecule has 158 valence electrons. The van der Waals surface area contributed by atoms with Crippen LogP contribution in [0.1, 0.15) is 50.4 Å². The smallest absolute Gasteiger partial charge is 0.279 e. The quantitative estimate of drug-likeness (QED) is 0.508. The molecule has 1 atom stereocenters. The van der Waals surface area contributed by atoms with Crippen molar-refractivity contribution >= 4 is 29.7 Å². The van der Waals surface area contributed by atoms with Crippen molar-refractivity contribution in [3.63, 3.8) is 0 Å². The molecule has 0 radical (unpaired) electrons. The van der Waals surface area contributed by atoms with Crippen LogP contribution in [0.5, 0.6) is 0 Å². The number of nitrogens with zero attached hydrogens (tertiary/aromatic N) is 3. The fraction of sp³-hybridized carbons (Fsp3) is 0.455. The van der Waals surface area contributed by atoms with Gasteiger partial charge >= 0.3 is 0 Å². The number of aryl methyl sites for hydroxylation is 1. The number of aromatic nitrogens is 4. The molecule has 0 aliphatic heterocycles. The molecule has 7 nitrogen and oxygen atoms in total. The van der Waals surface area contributed by atoms with Crippen LogP contribution in [0.15, 0.2) is 41.5 Å². The minimum atomic E-state index is -0.614. The van der Waals surface area contributed by atoms with E-state index in [2.05, 4.69) is 32.9 Å². The van der Waals surface area contributed by atoms with Crippen molar-refractivity contribution < 1.29 is 4.79 Å². The normalized spacial score (nSPS) is 16.6. The molecular formula is C22H27N5O2S. The summed E-state index contributed by atoms with van der Waals surface area (Å²) >= 11 is 4.55. The van der Waals surface area contributed by atoms with E-state index in [1.54, 1.807) is 10.9 Å². The zero-order valence-electron chi connectivity index (χ0n) is 17.1. The Bertz CT molecular complexity index is 1090.